The van der Waals surface area contributed by atoms with Crippen LogP contribution >= 0.6 is 21.6 Å². The zero-order valence-corrected chi connectivity index (χ0v) is 6.50. The van der Waals surface area contributed by atoms with E-state index in [2.05, 4.69) is 0 Å². The van der Waals surface area contributed by atoms with Crippen LogP contribution in [-0.2, 0) is 0 Å². The van der Waals surface area contributed by atoms with Crippen molar-refractivity contribution in [3.05, 3.63) is 0 Å². The summed E-state index contributed by atoms with van der Waals surface area (Å²) in [5.41, 5.74) is 0. The third kappa shape index (κ3) is 3.70. The Hall–Kier alpha value is 0.170. The minimum absolute atomic E-state index is 0.777. The summed E-state index contributed by atoms with van der Waals surface area (Å²) in [6.07, 6.45) is 2.60. The summed E-state index contributed by atoms with van der Waals surface area (Å²) in [7, 11) is 2.38. The molecule has 0 aromatic heterocycles. The van der Waals surface area contributed by atoms with Crippen LogP contribution in [0.1, 0.15) is 12.8 Å². The first kappa shape index (κ1) is 7.28. The van der Waals surface area contributed by atoms with Crippen molar-refractivity contribution in [2.24, 2.45) is 5.92 Å². The van der Waals surface area contributed by atoms with Crippen LogP contribution in [0.3, 0.4) is 0 Å². The second-order valence-electron chi connectivity index (χ2n) is 2.08. The third-order valence-corrected chi connectivity index (χ3v) is 3.19. The Morgan fingerprint density at radius 3 is 2.78 bits per heavy atom. The standard InChI is InChI=1S/C5H8O2S2/c6-5(7)9-8-3-4-1-2-4/h4H,1-3H2,(H,6,7). The molecule has 1 saturated carbocycles. The van der Waals surface area contributed by atoms with Crippen LogP contribution in [0.25, 0.3) is 0 Å². The van der Waals surface area contributed by atoms with Gasteiger partial charge in [0.25, 0.3) is 0 Å². The van der Waals surface area contributed by atoms with Crippen LogP contribution in [0.2, 0.25) is 0 Å². The molecule has 1 N–H and O–H groups in total. The van der Waals surface area contributed by atoms with Crippen molar-refractivity contribution >= 4 is 26.9 Å². The molecule has 0 bridgehead atoms. The summed E-state index contributed by atoms with van der Waals surface area (Å²) in [6.45, 7) is 0. The Morgan fingerprint density at radius 2 is 2.33 bits per heavy atom. The Balaban J connectivity index is 1.86. The lowest BCUT2D eigenvalue weighted by Crippen LogP contribution is -1.81. The van der Waals surface area contributed by atoms with Gasteiger partial charge in [0.2, 0.25) is 0 Å². The quantitative estimate of drug-likeness (QED) is 0.650. The fraction of sp³-hybridized carbons (Fsp3) is 0.800. The van der Waals surface area contributed by atoms with Gasteiger partial charge in [0.05, 0.1) is 0 Å². The predicted octanol–water partition coefficient (Wildman–Crippen LogP) is 2.46. The average molecular weight is 164 g/mol. The lowest BCUT2D eigenvalue weighted by atomic mass is 10.5. The fourth-order valence-electron chi connectivity index (χ4n) is 0.465. The second-order valence-corrected chi connectivity index (χ2v) is 4.37. The molecule has 0 aliphatic heterocycles. The van der Waals surface area contributed by atoms with Crippen molar-refractivity contribution < 1.29 is 9.90 Å². The Kier molecular flexibility index (Phi) is 2.72. The number of hydrogen-bond donors (Lipinski definition) is 1. The van der Waals surface area contributed by atoms with Gasteiger partial charge in [-0.15, -0.1) is 0 Å². The summed E-state index contributed by atoms with van der Waals surface area (Å²) < 4.78 is 0. The van der Waals surface area contributed by atoms with Gasteiger partial charge >= 0.3 is 5.30 Å². The normalized spacial score (nSPS) is 17.8. The van der Waals surface area contributed by atoms with Crippen LogP contribution in [0.15, 0.2) is 0 Å². The van der Waals surface area contributed by atoms with E-state index in [1.54, 1.807) is 0 Å². The molecule has 0 amide bonds. The maximum atomic E-state index is 9.94. The first-order chi connectivity index (χ1) is 4.29. The van der Waals surface area contributed by atoms with Crippen molar-refractivity contribution in [1.82, 2.24) is 0 Å². The van der Waals surface area contributed by atoms with Crippen molar-refractivity contribution in [3.63, 3.8) is 0 Å². The first-order valence-corrected chi connectivity index (χ1v) is 5.13. The maximum Gasteiger partial charge on any atom is 0.375 e. The van der Waals surface area contributed by atoms with Crippen molar-refractivity contribution in [2.45, 2.75) is 12.8 Å². The molecular formula is C5H8O2S2. The zero-order valence-electron chi connectivity index (χ0n) is 4.87. The van der Waals surface area contributed by atoms with Crippen LogP contribution in [0, 0.1) is 5.92 Å². The molecule has 0 heterocycles. The molecule has 1 rings (SSSR count). The van der Waals surface area contributed by atoms with E-state index in [1.807, 2.05) is 0 Å². The van der Waals surface area contributed by atoms with E-state index in [9.17, 15) is 4.79 Å². The van der Waals surface area contributed by atoms with E-state index in [1.165, 1.54) is 23.6 Å². The molecule has 1 fully saturated rings. The molecule has 1 aliphatic carbocycles. The van der Waals surface area contributed by atoms with E-state index >= 15 is 0 Å². The van der Waals surface area contributed by atoms with Gasteiger partial charge in [-0.25, -0.2) is 4.79 Å². The first-order valence-electron chi connectivity index (χ1n) is 2.81. The minimum atomic E-state index is -0.777. The van der Waals surface area contributed by atoms with E-state index in [0.29, 0.717) is 0 Å². The van der Waals surface area contributed by atoms with Crippen molar-refractivity contribution in [1.29, 1.82) is 0 Å². The Labute approximate surface area is 61.8 Å². The smallest absolute Gasteiger partial charge is 0.375 e. The molecule has 0 aromatic carbocycles. The third-order valence-electron chi connectivity index (χ3n) is 1.13. The van der Waals surface area contributed by atoms with E-state index in [0.717, 1.165) is 22.5 Å². The van der Waals surface area contributed by atoms with E-state index in [4.69, 9.17) is 5.11 Å². The molecular weight excluding hydrogens is 156 g/mol. The van der Waals surface area contributed by atoms with Gasteiger partial charge in [-0.2, -0.15) is 0 Å². The highest BCUT2D eigenvalue weighted by atomic mass is 33.1. The molecule has 0 unspecified atom stereocenters. The maximum absolute atomic E-state index is 9.94. The SMILES string of the molecule is O=C(O)SSCC1CC1. The second kappa shape index (κ2) is 3.37. The van der Waals surface area contributed by atoms with Gasteiger partial charge < -0.3 is 5.11 Å². The lowest BCUT2D eigenvalue weighted by Gasteiger charge is -1.90. The average Bonchev–Trinajstić information content (AvgIpc) is 2.48. The molecule has 0 atom stereocenters. The van der Waals surface area contributed by atoms with Gasteiger partial charge in [-0.05, 0) is 18.8 Å². The summed E-state index contributed by atoms with van der Waals surface area (Å²) in [5.74, 6) is 1.83. The molecule has 4 heteroatoms. The highest BCUT2D eigenvalue weighted by molar-refractivity contribution is 8.82. The Morgan fingerprint density at radius 1 is 1.67 bits per heavy atom. The number of carbonyl (C=O) groups is 1. The lowest BCUT2D eigenvalue weighted by molar-refractivity contribution is 0.222. The van der Waals surface area contributed by atoms with E-state index < -0.39 is 5.30 Å². The van der Waals surface area contributed by atoms with Crippen molar-refractivity contribution in [2.75, 3.05) is 5.75 Å². The predicted molar refractivity (Wildman–Crippen MR) is 40.8 cm³/mol. The van der Waals surface area contributed by atoms with E-state index in [-0.39, 0.29) is 0 Å². The number of hydrogen-bond acceptors (Lipinski definition) is 3. The molecule has 2 nitrogen and oxygen atoms in total. The van der Waals surface area contributed by atoms with Gasteiger partial charge in [0.1, 0.15) is 0 Å². The van der Waals surface area contributed by atoms with Crippen LogP contribution in [0.4, 0.5) is 4.79 Å². The molecule has 0 saturated heterocycles. The van der Waals surface area contributed by atoms with Gasteiger partial charge in [0, 0.05) is 16.5 Å². The van der Waals surface area contributed by atoms with Gasteiger partial charge in [-0.3, -0.25) is 0 Å². The fourth-order valence-corrected chi connectivity index (χ4v) is 2.24. The van der Waals surface area contributed by atoms with Crippen LogP contribution < -0.4 is 0 Å². The highest BCUT2D eigenvalue weighted by Gasteiger charge is 2.21. The molecule has 9 heavy (non-hydrogen) atoms. The highest BCUT2D eigenvalue weighted by Crippen LogP contribution is 2.36. The van der Waals surface area contributed by atoms with Crippen LogP contribution in [0.5, 0.6) is 0 Å². The van der Waals surface area contributed by atoms with Gasteiger partial charge in [0.15, 0.2) is 0 Å². The van der Waals surface area contributed by atoms with Gasteiger partial charge in [-0.1, -0.05) is 10.8 Å². The number of rotatable bonds is 3. The number of carboxylic acid groups (broad SMARTS) is 1. The summed E-state index contributed by atoms with van der Waals surface area (Å²) in [6, 6.07) is 0. The van der Waals surface area contributed by atoms with Crippen LogP contribution in [-0.4, -0.2) is 16.2 Å². The molecule has 0 radical (unpaired) electrons. The zero-order chi connectivity index (χ0) is 6.69. The van der Waals surface area contributed by atoms with Crippen molar-refractivity contribution in [3.8, 4) is 0 Å². The largest absolute Gasteiger partial charge is 0.473 e. The molecule has 52 valence electrons. The molecule has 1 aliphatic rings. The summed E-state index contributed by atoms with van der Waals surface area (Å²) in [5, 5.41) is 7.41. The summed E-state index contributed by atoms with van der Waals surface area (Å²) >= 11 is 0. The molecule has 0 aromatic rings. The monoisotopic (exact) mass is 164 g/mol. The molecule has 0 spiro atoms. The Bertz CT molecular complexity index is 112. The minimum Gasteiger partial charge on any atom is -0.473 e. The topological polar surface area (TPSA) is 37.3 Å². The summed E-state index contributed by atoms with van der Waals surface area (Å²) in [4.78, 5) is 9.94.